The van der Waals surface area contributed by atoms with Gasteiger partial charge in [0.15, 0.2) is 5.78 Å². The highest BCUT2D eigenvalue weighted by Gasteiger charge is 2.13. The van der Waals surface area contributed by atoms with Crippen LogP contribution in [-0.2, 0) is 0 Å². The molecule has 0 aromatic heterocycles. The number of hydrogen-bond donors (Lipinski definition) is 1. The van der Waals surface area contributed by atoms with Gasteiger partial charge in [-0.1, -0.05) is 23.8 Å². The summed E-state index contributed by atoms with van der Waals surface area (Å²) in [6.45, 7) is 6.61. The van der Waals surface area contributed by atoms with Gasteiger partial charge in [-0.15, -0.1) is 0 Å². The van der Waals surface area contributed by atoms with Gasteiger partial charge in [-0.05, 0) is 32.5 Å². The fourth-order valence-corrected chi connectivity index (χ4v) is 2.17. The summed E-state index contributed by atoms with van der Waals surface area (Å²) in [5.41, 5.74) is 1.98. The lowest BCUT2D eigenvalue weighted by Gasteiger charge is -2.18. The lowest BCUT2D eigenvalue weighted by molar-refractivity contribution is 0.0935. The van der Waals surface area contributed by atoms with E-state index in [1.807, 2.05) is 31.2 Å². The van der Waals surface area contributed by atoms with E-state index in [0.717, 1.165) is 43.7 Å². The molecule has 1 aromatic rings. The van der Waals surface area contributed by atoms with E-state index >= 15 is 0 Å². The number of nitrogens with one attached hydrogen (secondary N) is 1. The number of hydrogen-bond acceptors (Lipinski definition) is 3. The van der Waals surface area contributed by atoms with Crippen LogP contribution in [0.2, 0.25) is 0 Å². The Kier molecular flexibility index (Phi) is 4.29. The predicted molar refractivity (Wildman–Crippen MR) is 69.4 cm³/mol. The van der Waals surface area contributed by atoms with Gasteiger partial charge >= 0.3 is 0 Å². The minimum absolute atomic E-state index is 0.232. The second-order valence-electron chi connectivity index (χ2n) is 4.67. The molecule has 1 aliphatic rings. The molecule has 1 aromatic carbocycles. The topological polar surface area (TPSA) is 32.3 Å². The fraction of sp³-hybridized carbons (Fsp3) is 0.500. The highest BCUT2D eigenvalue weighted by atomic mass is 16.1. The molecule has 0 atom stereocenters. The van der Waals surface area contributed by atoms with Crippen molar-refractivity contribution < 1.29 is 4.79 Å². The number of nitrogens with zero attached hydrogens (tertiary/aromatic N) is 1. The van der Waals surface area contributed by atoms with E-state index in [1.54, 1.807) is 0 Å². The average molecular weight is 232 g/mol. The summed E-state index contributed by atoms with van der Waals surface area (Å²) in [4.78, 5) is 14.4. The smallest absolute Gasteiger partial charge is 0.176 e. The standard InChI is InChI=1S/C14H20N2O/c1-12-4-2-5-13(10-12)14(17)11-16-8-3-6-15-7-9-16/h2,4-5,10,15H,3,6-9,11H2,1H3. The molecule has 92 valence electrons. The molecule has 1 aliphatic heterocycles. The largest absolute Gasteiger partial charge is 0.315 e. The summed E-state index contributed by atoms with van der Waals surface area (Å²) < 4.78 is 0. The first-order valence-electron chi connectivity index (χ1n) is 6.28. The molecule has 1 N–H and O–H groups in total. The van der Waals surface area contributed by atoms with E-state index in [4.69, 9.17) is 0 Å². The summed E-state index contributed by atoms with van der Waals surface area (Å²) in [6.07, 6.45) is 1.13. The van der Waals surface area contributed by atoms with Crippen LogP contribution in [0.4, 0.5) is 0 Å². The van der Waals surface area contributed by atoms with E-state index < -0.39 is 0 Å². The van der Waals surface area contributed by atoms with Gasteiger partial charge in [-0.2, -0.15) is 0 Å². The van der Waals surface area contributed by atoms with Gasteiger partial charge in [0.05, 0.1) is 6.54 Å². The molecule has 0 aliphatic carbocycles. The van der Waals surface area contributed by atoms with Crippen molar-refractivity contribution in [3.8, 4) is 0 Å². The average Bonchev–Trinajstić information content (AvgIpc) is 2.57. The Morgan fingerprint density at radius 1 is 1.35 bits per heavy atom. The quantitative estimate of drug-likeness (QED) is 0.801. The van der Waals surface area contributed by atoms with Crippen LogP contribution in [0.25, 0.3) is 0 Å². The lowest BCUT2D eigenvalue weighted by Crippen LogP contribution is -2.33. The van der Waals surface area contributed by atoms with Gasteiger partial charge in [-0.25, -0.2) is 0 Å². The molecule has 0 unspecified atom stereocenters. The van der Waals surface area contributed by atoms with Crippen molar-refractivity contribution in [2.75, 3.05) is 32.7 Å². The number of carbonyl (C=O) groups is 1. The molecular weight excluding hydrogens is 212 g/mol. The monoisotopic (exact) mass is 232 g/mol. The van der Waals surface area contributed by atoms with Crippen molar-refractivity contribution in [1.82, 2.24) is 10.2 Å². The summed E-state index contributed by atoms with van der Waals surface area (Å²) in [6, 6.07) is 7.85. The van der Waals surface area contributed by atoms with Gasteiger partial charge in [0.25, 0.3) is 0 Å². The summed E-state index contributed by atoms with van der Waals surface area (Å²) >= 11 is 0. The Hall–Kier alpha value is -1.19. The number of carbonyl (C=O) groups excluding carboxylic acids is 1. The van der Waals surface area contributed by atoms with E-state index in [1.165, 1.54) is 0 Å². The molecule has 0 spiro atoms. The molecule has 0 radical (unpaired) electrons. The number of ketones is 1. The molecule has 3 nitrogen and oxygen atoms in total. The second kappa shape index (κ2) is 5.94. The molecule has 1 heterocycles. The first-order valence-corrected chi connectivity index (χ1v) is 6.28. The second-order valence-corrected chi connectivity index (χ2v) is 4.67. The Morgan fingerprint density at radius 3 is 3.06 bits per heavy atom. The van der Waals surface area contributed by atoms with Crippen molar-refractivity contribution in [3.63, 3.8) is 0 Å². The minimum atomic E-state index is 0.232. The molecule has 2 rings (SSSR count). The van der Waals surface area contributed by atoms with Crippen molar-refractivity contribution in [3.05, 3.63) is 35.4 Å². The number of rotatable bonds is 3. The van der Waals surface area contributed by atoms with Crippen LogP contribution in [0.15, 0.2) is 24.3 Å². The van der Waals surface area contributed by atoms with Gasteiger partial charge in [0.2, 0.25) is 0 Å². The van der Waals surface area contributed by atoms with E-state index in [2.05, 4.69) is 10.2 Å². The molecule has 0 bridgehead atoms. The van der Waals surface area contributed by atoms with Crippen LogP contribution in [0.5, 0.6) is 0 Å². The maximum absolute atomic E-state index is 12.1. The van der Waals surface area contributed by atoms with Crippen molar-refractivity contribution >= 4 is 5.78 Å². The predicted octanol–water partition coefficient (Wildman–Crippen LogP) is 1.47. The van der Waals surface area contributed by atoms with Crippen LogP contribution in [0.1, 0.15) is 22.3 Å². The van der Waals surface area contributed by atoms with Crippen LogP contribution in [0.3, 0.4) is 0 Å². The Balaban J connectivity index is 1.96. The third-order valence-electron chi connectivity index (χ3n) is 3.14. The number of Topliss-reactive ketones (excluding diaryl/α,β-unsaturated/α-hetero) is 1. The number of benzene rings is 1. The Labute approximate surface area is 103 Å². The summed E-state index contributed by atoms with van der Waals surface area (Å²) in [7, 11) is 0. The summed E-state index contributed by atoms with van der Waals surface area (Å²) in [5.74, 6) is 0.232. The van der Waals surface area contributed by atoms with Crippen LogP contribution < -0.4 is 5.32 Å². The molecule has 0 saturated carbocycles. The number of aryl methyl sites for hydroxylation is 1. The zero-order valence-electron chi connectivity index (χ0n) is 10.4. The van der Waals surface area contributed by atoms with Crippen molar-refractivity contribution in [2.24, 2.45) is 0 Å². The molecule has 3 heteroatoms. The van der Waals surface area contributed by atoms with Gasteiger partial charge in [0.1, 0.15) is 0 Å². The zero-order valence-corrected chi connectivity index (χ0v) is 10.4. The molecule has 1 saturated heterocycles. The molecule has 1 fully saturated rings. The minimum Gasteiger partial charge on any atom is -0.315 e. The third-order valence-corrected chi connectivity index (χ3v) is 3.14. The SMILES string of the molecule is Cc1cccc(C(=O)CN2CCCNCC2)c1. The Morgan fingerprint density at radius 2 is 2.24 bits per heavy atom. The maximum atomic E-state index is 12.1. The van der Waals surface area contributed by atoms with Crippen LogP contribution in [0, 0.1) is 6.92 Å². The first-order chi connectivity index (χ1) is 8.25. The van der Waals surface area contributed by atoms with Gasteiger partial charge in [-0.3, -0.25) is 9.69 Å². The highest BCUT2D eigenvalue weighted by Crippen LogP contribution is 2.06. The fourth-order valence-electron chi connectivity index (χ4n) is 2.17. The zero-order chi connectivity index (χ0) is 12.1. The van der Waals surface area contributed by atoms with Gasteiger partial charge in [0, 0.05) is 18.7 Å². The molecule has 0 amide bonds. The lowest BCUT2D eigenvalue weighted by atomic mass is 10.1. The Bertz CT molecular complexity index is 382. The molecular formula is C14H20N2O. The van der Waals surface area contributed by atoms with Crippen LogP contribution in [-0.4, -0.2) is 43.4 Å². The van der Waals surface area contributed by atoms with Crippen molar-refractivity contribution in [2.45, 2.75) is 13.3 Å². The van der Waals surface area contributed by atoms with E-state index in [-0.39, 0.29) is 5.78 Å². The van der Waals surface area contributed by atoms with E-state index in [9.17, 15) is 4.79 Å². The first kappa shape index (κ1) is 12.3. The summed E-state index contributed by atoms with van der Waals surface area (Å²) in [5, 5.41) is 3.35. The highest BCUT2D eigenvalue weighted by molar-refractivity contribution is 5.97. The normalized spacial score (nSPS) is 17.7. The molecule has 17 heavy (non-hydrogen) atoms. The third kappa shape index (κ3) is 3.65. The maximum Gasteiger partial charge on any atom is 0.176 e. The van der Waals surface area contributed by atoms with Crippen LogP contribution >= 0.6 is 0 Å². The van der Waals surface area contributed by atoms with E-state index in [0.29, 0.717) is 6.54 Å². The van der Waals surface area contributed by atoms with Gasteiger partial charge < -0.3 is 5.32 Å². The van der Waals surface area contributed by atoms with Crippen molar-refractivity contribution in [1.29, 1.82) is 0 Å².